The first kappa shape index (κ1) is 17.8. The molecule has 4 N–H and O–H groups in total. The van der Waals surface area contributed by atoms with E-state index in [1.54, 1.807) is 30.3 Å². The van der Waals surface area contributed by atoms with Crippen molar-refractivity contribution < 1.29 is 14.5 Å². The lowest BCUT2D eigenvalue weighted by molar-refractivity contribution is -0.385. The van der Waals surface area contributed by atoms with Gasteiger partial charge in [0.05, 0.1) is 4.92 Å². The average molecular weight is 359 g/mol. The van der Waals surface area contributed by atoms with Crippen molar-refractivity contribution in [1.29, 1.82) is 0 Å². The maximum Gasteiger partial charge on any atom is 0.337 e. The minimum absolute atomic E-state index is 0.148. The molecule has 10 heteroatoms. The van der Waals surface area contributed by atoms with Crippen molar-refractivity contribution >= 4 is 40.6 Å². The molecule has 0 saturated carbocycles. The molecule has 3 amide bonds. The van der Waals surface area contributed by atoms with Gasteiger partial charge in [0.25, 0.3) is 11.6 Å². The number of nitro groups is 1. The molecule has 128 valence electrons. The predicted octanol–water partition coefficient (Wildman–Crippen LogP) is 1.94. The Morgan fingerprint density at radius 3 is 2.28 bits per heavy atom. The molecule has 2 rings (SSSR count). The van der Waals surface area contributed by atoms with Crippen molar-refractivity contribution in [1.82, 2.24) is 16.2 Å². The van der Waals surface area contributed by atoms with E-state index in [1.807, 2.05) is 0 Å². The summed E-state index contributed by atoms with van der Waals surface area (Å²) in [5.74, 6) is -0.768. The lowest BCUT2D eigenvalue weighted by Crippen LogP contribution is -2.49. The van der Waals surface area contributed by atoms with Gasteiger partial charge in [0, 0.05) is 11.8 Å². The fraction of sp³-hybridized carbons (Fsp3) is 0. The minimum Gasteiger partial charge on any atom is -0.307 e. The molecule has 2 aromatic carbocycles. The van der Waals surface area contributed by atoms with E-state index < -0.39 is 16.9 Å². The SMILES string of the molecule is O=C(NNC(=S)NC(=O)c1ccccc1[N+](=O)[O-])Nc1ccccc1. The largest absolute Gasteiger partial charge is 0.337 e. The van der Waals surface area contributed by atoms with E-state index in [2.05, 4.69) is 21.5 Å². The van der Waals surface area contributed by atoms with Crippen LogP contribution in [0.2, 0.25) is 0 Å². The Balaban J connectivity index is 1.87. The maximum atomic E-state index is 12.0. The highest BCUT2D eigenvalue weighted by Crippen LogP contribution is 2.17. The summed E-state index contributed by atoms with van der Waals surface area (Å²) in [6.07, 6.45) is 0. The van der Waals surface area contributed by atoms with Crippen molar-refractivity contribution in [2.45, 2.75) is 0 Å². The van der Waals surface area contributed by atoms with Gasteiger partial charge in [-0.3, -0.25) is 25.7 Å². The van der Waals surface area contributed by atoms with Crippen LogP contribution in [0.4, 0.5) is 16.2 Å². The van der Waals surface area contributed by atoms with Crippen LogP contribution in [-0.4, -0.2) is 22.0 Å². The van der Waals surface area contributed by atoms with Crippen molar-refractivity contribution in [2.75, 3.05) is 5.32 Å². The van der Waals surface area contributed by atoms with Gasteiger partial charge in [0.15, 0.2) is 5.11 Å². The number of hydrazine groups is 1. The normalized spacial score (nSPS) is 9.60. The number of benzene rings is 2. The first-order valence-corrected chi connectivity index (χ1v) is 7.35. The van der Waals surface area contributed by atoms with Crippen LogP contribution in [0.25, 0.3) is 0 Å². The number of urea groups is 1. The van der Waals surface area contributed by atoms with Crippen LogP contribution < -0.4 is 21.5 Å². The standard InChI is InChI=1S/C15H13N5O4S/c21-13(11-8-4-5-9-12(11)20(23)24)17-15(25)19-18-14(22)16-10-6-2-1-3-7-10/h1-9H,(H2,16,18,22)(H2,17,19,21,25). The van der Waals surface area contributed by atoms with E-state index in [4.69, 9.17) is 12.2 Å². The Hall–Kier alpha value is -3.53. The number of anilines is 1. The van der Waals surface area contributed by atoms with Crippen molar-refractivity contribution in [3.05, 3.63) is 70.3 Å². The lowest BCUT2D eigenvalue weighted by Gasteiger charge is -2.11. The molecule has 0 heterocycles. The highest BCUT2D eigenvalue weighted by Gasteiger charge is 2.19. The van der Waals surface area contributed by atoms with Crippen LogP contribution in [0, 0.1) is 10.1 Å². The third-order valence-corrected chi connectivity index (χ3v) is 3.10. The fourth-order valence-electron chi connectivity index (χ4n) is 1.82. The number of rotatable bonds is 3. The Labute approximate surface area is 147 Å². The number of para-hydroxylation sites is 2. The molecule has 0 aliphatic rings. The second kappa shape index (κ2) is 8.36. The predicted molar refractivity (Wildman–Crippen MR) is 94.9 cm³/mol. The summed E-state index contributed by atoms with van der Waals surface area (Å²) < 4.78 is 0. The first-order chi connectivity index (χ1) is 12.0. The van der Waals surface area contributed by atoms with Crippen molar-refractivity contribution in [3.63, 3.8) is 0 Å². The van der Waals surface area contributed by atoms with Gasteiger partial charge < -0.3 is 5.32 Å². The highest BCUT2D eigenvalue weighted by molar-refractivity contribution is 7.80. The van der Waals surface area contributed by atoms with E-state index >= 15 is 0 Å². The fourth-order valence-corrected chi connectivity index (χ4v) is 1.97. The monoisotopic (exact) mass is 359 g/mol. The Morgan fingerprint density at radius 2 is 1.60 bits per heavy atom. The van der Waals surface area contributed by atoms with Gasteiger partial charge in [-0.2, -0.15) is 0 Å². The Bertz CT molecular complexity index is 813. The van der Waals surface area contributed by atoms with Crippen LogP contribution in [0.3, 0.4) is 0 Å². The van der Waals surface area contributed by atoms with Gasteiger partial charge in [0.2, 0.25) is 0 Å². The number of hydrogen-bond donors (Lipinski definition) is 4. The average Bonchev–Trinajstić information content (AvgIpc) is 2.60. The smallest absolute Gasteiger partial charge is 0.307 e. The number of nitrogens with one attached hydrogen (secondary N) is 4. The van der Waals surface area contributed by atoms with Crippen LogP contribution in [0.15, 0.2) is 54.6 Å². The summed E-state index contributed by atoms with van der Waals surface area (Å²) in [5, 5.41) is 15.5. The van der Waals surface area contributed by atoms with E-state index in [0.717, 1.165) is 0 Å². The Morgan fingerprint density at radius 1 is 0.960 bits per heavy atom. The van der Waals surface area contributed by atoms with Crippen LogP contribution in [0.5, 0.6) is 0 Å². The van der Waals surface area contributed by atoms with Crippen LogP contribution in [-0.2, 0) is 0 Å². The quantitative estimate of drug-likeness (QED) is 0.377. The number of nitrogens with zero attached hydrogens (tertiary/aromatic N) is 1. The molecule has 0 aliphatic heterocycles. The lowest BCUT2D eigenvalue weighted by atomic mass is 10.1. The molecule has 25 heavy (non-hydrogen) atoms. The molecule has 0 spiro atoms. The highest BCUT2D eigenvalue weighted by atomic mass is 32.1. The van der Waals surface area contributed by atoms with E-state index in [9.17, 15) is 19.7 Å². The second-order valence-electron chi connectivity index (χ2n) is 4.63. The number of carbonyl (C=O) groups excluding carboxylic acids is 2. The van der Waals surface area contributed by atoms with Gasteiger partial charge >= 0.3 is 6.03 Å². The van der Waals surface area contributed by atoms with Gasteiger partial charge in [-0.15, -0.1) is 0 Å². The van der Waals surface area contributed by atoms with E-state index in [0.29, 0.717) is 5.69 Å². The molecule has 0 radical (unpaired) electrons. The summed E-state index contributed by atoms with van der Waals surface area (Å²) >= 11 is 4.87. The zero-order valence-electron chi connectivity index (χ0n) is 12.7. The van der Waals surface area contributed by atoms with Gasteiger partial charge in [-0.25, -0.2) is 10.2 Å². The van der Waals surface area contributed by atoms with Gasteiger partial charge in [-0.05, 0) is 30.4 Å². The number of amides is 3. The maximum absolute atomic E-state index is 12.0. The van der Waals surface area contributed by atoms with E-state index in [-0.39, 0.29) is 16.4 Å². The summed E-state index contributed by atoms with van der Waals surface area (Å²) in [4.78, 5) is 34.0. The molecular formula is C15H13N5O4S. The zero-order valence-corrected chi connectivity index (χ0v) is 13.5. The molecule has 0 aliphatic carbocycles. The molecule has 0 fully saturated rings. The van der Waals surface area contributed by atoms with Crippen molar-refractivity contribution in [3.8, 4) is 0 Å². The Kier molecular flexibility index (Phi) is 5.96. The molecule has 0 atom stereocenters. The van der Waals surface area contributed by atoms with Crippen molar-refractivity contribution in [2.24, 2.45) is 0 Å². The third kappa shape index (κ3) is 5.25. The summed E-state index contributed by atoms with van der Waals surface area (Å²) in [6.45, 7) is 0. The molecule has 0 aromatic heterocycles. The second-order valence-corrected chi connectivity index (χ2v) is 5.04. The summed E-state index contributed by atoms with van der Waals surface area (Å²) in [5.41, 5.74) is 4.62. The van der Waals surface area contributed by atoms with E-state index in [1.165, 1.54) is 24.3 Å². The minimum atomic E-state index is -0.768. The summed E-state index contributed by atoms with van der Waals surface area (Å²) in [7, 11) is 0. The topological polar surface area (TPSA) is 125 Å². The molecule has 9 nitrogen and oxygen atoms in total. The molecule has 0 unspecified atom stereocenters. The van der Waals surface area contributed by atoms with Gasteiger partial charge in [-0.1, -0.05) is 30.3 Å². The number of nitro benzene ring substituents is 1. The molecule has 0 bridgehead atoms. The number of thiocarbonyl (C=S) groups is 1. The van der Waals surface area contributed by atoms with Crippen LogP contribution in [0.1, 0.15) is 10.4 Å². The molecular weight excluding hydrogens is 346 g/mol. The first-order valence-electron chi connectivity index (χ1n) is 6.94. The molecule has 0 saturated heterocycles. The molecule has 2 aromatic rings. The zero-order chi connectivity index (χ0) is 18.2. The number of carbonyl (C=O) groups is 2. The summed E-state index contributed by atoms with van der Waals surface area (Å²) in [6, 6.07) is 13.5. The third-order valence-electron chi connectivity index (χ3n) is 2.89. The number of hydrogen-bond acceptors (Lipinski definition) is 5. The van der Waals surface area contributed by atoms with Crippen LogP contribution >= 0.6 is 12.2 Å². The van der Waals surface area contributed by atoms with Gasteiger partial charge in [0.1, 0.15) is 5.56 Å².